The fourth-order valence-electron chi connectivity index (χ4n) is 3.11. The normalized spacial score (nSPS) is 11.0. The Kier molecular flexibility index (Phi) is 4.42. The van der Waals surface area contributed by atoms with Crippen molar-refractivity contribution >= 4 is 11.6 Å². The summed E-state index contributed by atoms with van der Waals surface area (Å²) in [6.07, 6.45) is 4.95. The minimum atomic E-state index is -0.187. The summed E-state index contributed by atoms with van der Waals surface area (Å²) in [7, 11) is 0. The molecule has 0 atom stereocenters. The number of benzene rings is 1. The van der Waals surface area contributed by atoms with E-state index in [9.17, 15) is 4.79 Å². The Bertz CT molecular complexity index is 1110. The number of carbonyl (C=O) groups is 1. The van der Waals surface area contributed by atoms with Crippen molar-refractivity contribution in [2.45, 2.75) is 26.9 Å². The van der Waals surface area contributed by atoms with Crippen LogP contribution in [-0.2, 0) is 13.1 Å². The van der Waals surface area contributed by atoms with E-state index in [4.69, 9.17) is 0 Å². The first-order valence-corrected chi connectivity index (χ1v) is 8.75. The second kappa shape index (κ2) is 7.03. The number of hydrogen-bond donors (Lipinski definition) is 1. The predicted octanol–water partition coefficient (Wildman–Crippen LogP) is 2.52. The monoisotopic (exact) mass is 360 g/mol. The Morgan fingerprint density at radius 3 is 2.81 bits per heavy atom. The van der Waals surface area contributed by atoms with E-state index >= 15 is 0 Å². The highest BCUT2D eigenvalue weighted by atomic mass is 16.1. The molecule has 0 saturated carbocycles. The van der Waals surface area contributed by atoms with E-state index < -0.39 is 0 Å². The minimum absolute atomic E-state index is 0.187. The van der Waals surface area contributed by atoms with Gasteiger partial charge in [-0.3, -0.25) is 9.48 Å². The molecule has 0 radical (unpaired) electrons. The summed E-state index contributed by atoms with van der Waals surface area (Å²) in [5.41, 5.74) is 5.34. The topological polar surface area (TPSA) is 77.1 Å². The molecule has 0 unspecified atom stereocenters. The number of amides is 1. The van der Waals surface area contributed by atoms with Gasteiger partial charge in [-0.1, -0.05) is 24.3 Å². The Labute approximate surface area is 156 Å². The van der Waals surface area contributed by atoms with Gasteiger partial charge in [-0.15, -0.1) is 0 Å². The van der Waals surface area contributed by atoms with Crippen LogP contribution in [0.5, 0.6) is 0 Å². The summed E-state index contributed by atoms with van der Waals surface area (Å²) >= 11 is 0. The maximum atomic E-state index is 12.5. The lowest BCUT2D eigenvalue weighted by molar-refractivity contribution is 0.0952. The van der Waals surface area contributed by atoms with Crippen molar-refractivity contribution in [2.75, 3.05) is 0 Å². The lowest BCUT2D eigenvalue weighted by Gasteiger charge is -2.08. The van der Waals surface area contributed by atoms with Crippen LogP contribution in [0.1, 0.15) is 32.9 Å². The van der Waals surface area contributed by atoms with Gasteiger partial charge >= 0.3 is 0 Å². The smallest absolute Gasteiger partial charge is 0.257 e. The molecule has 0 aliphatic carbocycles. The average molecular weight is 360 g/mol. The number of hydrogen-bond acceptors (Lipinski definition) is 4. The first kappa shape index (κ1) is 17.0. The van der Waals surface area contributed by atoms with Gasteiger partial charge in [-0.2, -0.15) is 10.2 Å². The first-order chi connectivity index (χ1) is 13.1. The molecule has 7 heteroatoms. The molecular formula is C20H20N6O. The van der Waals surface area contributed by atoms with Crippen LogP contribution in [-0.4, -0.2) is 30.3 Å². The molecule has 0 spiro atoms. The van der Waals surface area contributed by atoms with E-state index in [0.717, 1.165) is 22.5 Å². The molecule has 3 aromatic heterocycles. The van der Waals surface area contributed by atoms with Gasteiger partial charge in [-0.05, 0) is 37.1 Å². The maximum absolute atomic E-state index is 12.5. The largest absolute Gasteiger partial charge is 0.348 e. The number of aryl methyl sites for hydroxylation is 2. The maximum Gasteiger partial charge on any atom is 0.257 e. The summed E-state index contributed by atoms with van der Waals surface area (Å²) in [6.45, 7) is 5.19. The van der Waals surface area contributed by atoms with Gasteiger partial charge in [-0.25, -0.2) is 9.50 Å². The van der Waals surface area contributed by atoms with Crippen LogP contribution in [0.2, 0.25) is 0 Å². The van der Waals surface area contributed by atoms with Crippen molar-refractivity contribution in [1.29, 1.82) is 0 Å². The molecule has 3 heterocycles. The molecule has 1 amide bonds. The Morgan fingerprint density at radius 2 is 2.00 bits per heavy atom. The molecule has 1 N–H and O–H groups in total. The standard InChI is InChI=1S/C20H20N6O/c1-14-9-15(2)26(24-14)13-17-6-3-5-16(10-17)11-22-20(27)18-12-23-25-8-4-7-21-19(18)25/h3-10,12H,11,13H2,1-2H3,(H,22,27). The SMILES string of the molecule is Cc1cc(C)n(Cc2cccc(CNC(=O)c3cnn4cccnc34)c2)n1. The van der Waals surface area contributed by atoms with E-state index in [1.807, 2.05) is 30.7 Å². The van der Waals surface area contributed by atoms with Crippen LogP contribution < -0.4 is 5.32 Å². The zero-order chi connectivity index (χ0) is 18.8. The third kappa shape index (κ3) is 3.57. The molecular weight excluding hydrogens is 340 g/mol. The molecule has 0 aliphatic heterocycles. The summed E-state index contributed by atoms with van der Waals surface area (Å²) in [5, 5.41) is 11.6. The van der Waals surface area contributed by atoms with Gasteiger partial charge in [0.2, 0.25) is 0 Å². The lowest BCUT2D eigenvalue weighted by atomic mass is 10.1. The second-order valence-electron chi connectivity index (χ2n) is 6.53. The molecule has 7 nitrogen and oxygen atoms in total. The third-order valence-corrected chi connectivity index (χ3v) is 4.40. The van der Waals surface area contributed by atoms with Crippen molar-refractivity contribution in [2.24, 2.45) is 0 Å². The Hall–Kier alpha value is -3.48. The zero-order valence-corrected chi connectivity index (χ0v) is 15.3. The molecule has 4 aromatic rings. The van der Waals surface area contributed by atoms with Crippen LogP contribution in [0, 0.1) is 13.8 Å². The van der Waals surface area contributed by atoms with Gasteiger partial charge in [0, 0.05) is 24.6 Å². The van der Waals surface area contributed by atoms with E-state index in [1.54, 1.807) is 23.0 Å². The highest BCUT2D eigenvalue weighted by Crippen LogP contribution is 2.11. The van der Waals surface area contributed by atoms with Gasteiger partial charge in [0.1, 0.15) is 5.56 Å². The van der Waals surface area contributed by atoms with Crippen LogP contribution in [0.15, 0.2) is 55.0 Å². The van der Waals surface area contributed by atoms with Crippen molar-refractivity contribution in [1.82, 2.24) is 29.7 Å². The number of nitrogens with one attached hydrogen (secondary N) is 1. The van der Waals surface area contributed by atoms with E-state index in [0.29, 0.717) is 24.3 Å². The average Bonchev–Trinajstić information content (AvgIpc) is 3.23. The molecule has 136 valence electrons. The molecule has 27 heavy (non-hydrogen) atoms. The van der Waals surface area contributed by atoms with Crippen LogP contribution in [0.4, 0.5) is 0 Å². The minimum Gasteiger partial charge on any atom is -0.348 e. The fourth-order valence-corrected chi connectivity index (χ4v) is 3.11. The number of nitrogens with zero attached hydrogens (tertiary/aromatic N) is 5. The number of rotatable bonds is 5. The second-order valence-corrected chi connectivity index (χ2v) is 6.53. The van der Waals surface area contributed by atoms with E-state index in [2.05, 4.69) is 38.7 Å². The van der Waals surface area contributed by atoms with Crippen molar-refractivity contribution in [3.63, 3.8) is 0 Å². The molecule has 0 saturated heterocycles. The van der Waals surface area contributed by atoms with Gasteiger partial charge in [0.25, 0.3) is 5.91 Å². The summed E-state index contributed by atoms with van der Waals surface area (Å²) < 4.78 is 3.57. The van der Waals surface area contributed by atoms with E-state index in [-0.39, 0.29) is 5.91 Å². The third-order valence-electron chi connectivity index (χ3n) is 4.40. The summed E-state index contributed by atoms with van der Waals surface area (Å²) in [4.78, 5) is 16.7. The highest BCUT2D eigenvalue weighted by Gasteiger charge is 2.13. The van der Waals surface area contributed by atoms with Gasteiger partial charge in [0.15, 0.2) is 5.65 Å². The van der Waals surface area contributed by atoms with Crippen LogP contribution in [0.25, 0.3) is 5.65 Å². The van der Waals surface area contributed by atoms with Crippen molar-refractivity contribution in [3.05, 3.63) is 83.1 Å². The quantitative estimate of drug-likeness (QED) is 0.593. The molecule has 0 aliphatic rings. The van der Waals surface area contributed by atoms with Gasteiger partial charge < -0.3 is 5.32 Å². The highest BCUT2D eigenvalue weighted by molar-refractivity contribution is 5.99. The van der Waals surface area contributed by atoms with Gasteiger partial charge in [0.05, 0.1) is 18.4 Å². The van der Waals surface area contributed by atoms with Crippen LogP contribution >= 0.6 is 0 Å². The summed E-state index contributed by atoms with van der Waals surface area (Å²) in [5.74, 6) is -0.187. The first-order valence-electron chi connectivity index (χ1n) is 8.75. The van der Waals surface area contributed by atoms with Crippen molar-refractivity contribution < 1.29 is 4.79 Å². The number of fused-ring (bicyclic) bond motifs is 1. The van der Waals surface area contributed by atoms with Crippen LogP contribution in [0.3, 0.4) is 0 Å². The Balaban J connectivity index is 1.45. The summed E-state index contributed by atoms with van der Waals surface area (Å²) in [6, 6.07) is 12.0. The lowest BCUT2D eigenvalue weighted by Crippen LogP contribution is -2.23. The number of aromatic nitrogens is 5. The Morgan fingerprint density at radius 1 is 1.15 bits per heavy atom. The van der Waals surface area contributed by atoms with E-state index in [1.165, 1.54) is 6.20 Å². The number of carbonyl (C=O) groups excluding carboxylic acids is 1. The zero-order valence-electron chi connectivity index (χ0n) is 15.3. The fraction of sp³-hybridized carbons (Fsp3) is 0.200. The predicted molar refractivity (Wildman–Crippen MR) is 101 cm³/mol. The molecule has 0 fully saturated rings. The molecule has 0 bridgehead atoms. The molecule has 4 rings (SSSR count). The van der Waals surface area contributed by atoms with Crippen molar-refractivity contribution in [3.8, 4) is 0 Å². The molecule has 1 aromatic carbocycles.